The molecule has 14 heavy (non-hydrogen) atoms. The molecule has 0 bridgehead atoms. The summed E-state index contributed by atoms with van der Waals surface area (Å²) in [4.78, 5) is 0. The molecule has 1 aliphatic rings. The van der Waals surface area contributed by atoms with Gasteiger partial charge in [0.05, 0.1) is 17.3 Å². The molecular weight excluding hydrogens is 200 g/mol. The van der Waals surface area contributed by atoms with Crippen LogP contribution in [0.15, 0.2) is 12.8 Å². The van der Waals surface area contributed by atoms with Gasteiger partial charge in [0.1, 0.15) is 6.61 Å². The van der Waals surface area contributed by atoms with Gasteiger partial charge in [0, 0.05) is 0 Å². The average molecular weight is 218 g/mol. The highest BCUT2D eigenvalue weighted by atomic mass is 32.2. The minimum absolute atomic E-state index is 0.270. The molecule has 1 saturated heterocycles. The Hall–Kier alpha value is -0.510. The molecule has 1 fully saturated rings. The zero-order chi connectivity index (χ0) is 10.4. The van der Waals surface area contributed by atoms with Crippen molar-refractivity contribution >= 4 is 9.84 Å². The molecule has 1 unspecified atom stereocenters. The van der Waals surface area contributed by atoms with Gasteiger partial charge < -0.3 is 4.74 Å². The molecule has 0 saturated carbocycles. The van der Waals surface area contributed by atoms with E-state index < -0.39 is 9.84 Å². The largest absolute Gasteiger partial charge is 0.500 e. The summed E-state index contributed by atoms with van der Waals surface area (Å²) >= 11 is 0. The molecule has 82 valence electrons. The molecule has 0 aromatic rings. The van der Waals surface area contributed by atoms with Crippen LogP contribution in [0.5, 0.6) is 0 Å². The van der Waals surface area contributed by atoms with E-state index in [0.29, 0.717) is 5.75 Å². The molecule has 0 radical (unpaired) electrons. The third-order valence-corrected chi connectivity index (χ3v) is 4.86. The second-order valence-electron chi connectivity index (χ2n) is 3.69. The molecule has 1 heterocycles. The maximum absolute atomic E-state index is 11.7. The van der Waals surface area contributed by atoms with Crippen molar-refractivity contribution in [1.82, 2.24) is 0 Å². The van der Waals surface area contributed by atoms with Crippen molar-refractivity contribution in [2.45, 2.75) is 37.4 Å². The van der Waals surface area contributed by atoms with E-state index in [4.69, 9.17) is 4.74 Å². The van der Waals surface area contributed by atoms with E-state index in [-0.39, 0.29) is 11.9 Å². The van der Waals surface area contributed by atoms with Crippen LogP contribution in [0.2, 0.25) is 0 Å². The van der Waals surface area contributed by atoms with E-state index in [2.05, 4.69) is 6.58 Å². The first-order chi connectivity index (χ1) is 6.67. The lowest BCUT2D eigenvalue weighted by atomic mass is 10.1. The van der Waals surface area contributed by atoms with Gasteiger partial charge in [0.2, 0.25) is 0 Å². The van der Waals surface area contributed by atoms with Crippen LogP contribution in [0.4, 0.5) is 0 Å². The van der Waals surface area contributed by atoms with Crippen molar-refractivity contribution in [3.63, 3.8) is 0 Å². The summed E-state index contributed by atoms with van der Waals surface area (Å²) in [5.74, 6) is 0.318. The Morgan fingerprint density at radius 1 is 1.29 bits per heavy atom. The maximum atomic E-state index is 11.7. The van der Waals surface area contributed by atoms with Crippen LogP contribution in [-0.4, -0.2) is 26.0 Å². The van der Waals surface area contributed by atoms with E-state index in [1.54, 1.807) is 0 Å². The highest BCUT2D eigenvalue weighted by molar-refractivity contribution is 7.92. The lowest BCUT2D eigenvalue weighted by Crippen LogP contribution is -2.29. The Bertz CT molecular complexity index is 269. The van der Waals surface area contributed by atoms with Crippen LogP contribution < -0.4 is 0 Å². The number of hydrogen-bond donors (Lipinski definition) is 0. The fourth-order valence-electron chi connectivity index (χ4n) is 1.74. The van der Waals surface area contributed by atoms with Gasteiger partial charge in [-0.15, -0.1) is 0 Å². The minimum Gasteiger partial charge on any atom is -0.500 e. The summed E-state index contributed by atoms with van der Waals surface area (Å²) in [6.45, 7) is 3.69. The normalized spacial score (nSPS) is 27.3. The van der Waals surface area contributed by atoms with Crippen LogP contribution in [0.3, 0.4) is 0 Å². The zero-order valence-corrected chi connectivity index (χ0v) is 9.26. The van der Waals surface area contributed by atoms with Gasteiger partial charge in [-0.25, -0.2) is 8.42 Å². The Morgan fingerprint density at radius 3 is 2.71 bits per heavy atom. The van der Waals surface area contributed by atoms with Crippen LogP contribution in [-0.2, 0) is 14.6 Å². The minimum atomic E-state index is -2.93. The summed E-state index contributed by atoms with van der Waals surface area (Å²) in [6.07, 6.45) is 6.01. The molecule has 0 aromatic carbocycles. The maximum Gasteiger partial charge on any atom is 0.156 e. The van der Waals surface area contributed by atoms with E-state index >= 15 is 0 Å². The SMILES string of the molecule is C=COCC1CCCCCCS1(=O)=O. The number of sulfone groups is 1. The van der Waals surface area contributed by atoms with E-state index in [1.807, 2.05) is 0 Å². The van der Waals surface area contributed by atoms with Crippen LogP contribution >= 0.6 is 0 Å². The van der Waals surface area contributed by atoms with E-state index in [1.165, 1.54) is 6.26 Å². The zero-order valence-electron chi connectivity index (χ0n) is 8.44. The van der Waals surface area contributed by atoms with Crippen molar-refractivity contribution < 1.29 is 13.2 Å². The lowest BCUT2D eigenvalue weighted by molar-refractivity contribution is 0.242. The van der Waals surface area contributed by atoms with Crippen LogP contribution in [0.1, 0.15) is 32.1 Å². The predicted octanol–water partition coefficient (Wildman–Crippen LogP) is 1.89. The lowest BCUT2D eigenvalue weighted by Gasteiger charge is -2.19. The van der Waals surface area contributed by atoms with Crippen molar-refractivity contribution in [2.24, 2.45) is 0 Å². The van der Waals surface area contributed by atoms with Crippen molar-refractivity contribution in [1.29, 1.82) is 0 Å². The third-order valence-electron chi connectivity index (χ3n) is 2.61. The van der Waals surface area contributed by atoms with Crippen molar-refractivity contribution in [3.05, 3.63) is 12.8 Å². The highest BCUT2D eigenvalue weighted by Crippen LogP contribution is 2.19. The molecule has 0 amide bonds. The predicted molar refractivity (Wildman–Crippen MR) is 56.8 cm³/mol. The number of rotatable bonds is 3. The molecule has 1 atom stereocenters. The van der Waals surface area contributed by atoms with Crippen LogP contribution in [0, 0.1) is 0 Å². The first-order valence-electron chi connectivity index (χ1n) is 5.11. The second kappa shape index (κ2) is 5.39. The highest BCUT2D eigenvalue weighted by Gasteiger charge is 2.26. The summed E-state index contributed by atoms with van der Waals surface area (Å²) in [7, 11) is -2.93. The molecular formula is C10H18O3S. The standard InChI is InChI=1S/C10H18O3S/c1-2-13-9-10-7-5-3-4-6-8-14(10,11)12/h2,10H,1,3-9H2. The van der Waals surface area contributed by atoms with Gasteiger partial charge in [0.15, 0.2) is 9.84 Å². The molecule has 1 aliphatic heterocycles. The first kappa shape index (κ1) is 11.6. The first-order valence-corrected chi connectivity index (χ1v) is 6.82. The summed E-state index contributed by atoms with van der Waals surface area (Å²) in [5, 5.41) is -0.319. The molecule has 0 spiro atoms. The Labute approximate surface area is 86.1 Å². The Morgan fingerprint density at radius 2 is 2.00 bits per heavy atom. The smallest absolute Gasteiger partial charge is 0.156 e. The topological polar surface area (TPSA) is 43.4 Å². The van der Waals surface area contributed by atoms with E-state index in [0.717, 1.165) is 32.1 Å². The Kier molecular flexibility index (Phi) is 4.45. The fraction of sp³-hybridized carbons (Fsp3) is 0.800. The van der Waals surface area contributed by atoms with Gasteiger partial charge in [-0.3, -0.25) is 0 Å². The van der Waals surface area contributed by atoms with Crippen LogP contribution in [0.25, 0.3) is 0 Å². The molecule has 1 rings (SSSR count). The van der Waals surface area contributed by atoms with Gasteiger partial charge in [-0.05, 0) is 12.8 Å². The number of ether oxygens (including phenoxy) is 1. The molecule has 0 aliphatic carbocycles. The fourth-order valence-corrected chi connectivity index (χ4v) is 3.49. The summed E-state index contributed by atoms with van der Waals surface area (Å²) in [6, 6.07) is 0. The molecule has 3 nitrogen and oxygen atoms in total. The van der Waals surface area contributed by atoms with E-state index in [9.17, 15) is 8.42 Å². The molecule has 0 aromatic heterocycles. The Balaban J connectivity index is 2.60. The summed E-state index contributed by atoms with van der Waals surface area (Å²) in [5.41, 5.74) is 0. The van der Waals surface area contributed by atoms with Crippen molar-refractivity contribution in [2.75, 3.05) is 12.4 Å². The van der Waals surface area contributed by atoms with Gasteiger partial charge in [0.25, 0.3) is 0 Å². The number of hydrogen-bond acceptors (Lipinski definition) is 3. The molecule has 0 N–H and O–H groups in total. The second-order valence-corrected chi connectivity index (χ2v) is 6.09. The molecule has 4 heteroatoms. The summed E-state index contributed by atoms with van der Waals surface area (Å²) < 4.78 is 28.5. The monoisotopic (exact) mass is 218 g/mol. The van der Waals surface area contributed by atoms with Gasteiger partial charge in [-0.1, -0.05) is 25.8 Å². The van der Waals surface area contributed by atoms with Gasteiger partial charge in [-0.2, -0.15) is 0 Å². The van der Waals surface area contributed by atoms with Gasteiger partial charge >= 0.3 is 0 Å². The quantitative estimate of drug-likeness (QED) is 0.679. The van der Waals surface area contributed by atoms with Crippen molar-refractivity contribution in [3.8, 4) is 0 Å². The average Bonchev–Trinajstić information content (AvgIpc) is 2.12. The third kappa shape index (κ3) is 3.33.